The Kier molecular flexibility index (Phi) is 6.16. The Labute approximate surface area is 148 Å². The molecule has 2 N–H and O–H groups in total. The Bertz CT molecular complexity index is 736. The molecule has 0 bridgehead atoms. The number of urea groups is 1. The third kappa shape index (κ3) is 4.93. The van der Waals surface area contributed by atoms with E-state index >= 15 is 0 Å². The number of hydrogen-bond donors (Lipinski definition) is 2. The summed E-state index contributed by atoms with van der Waals surface area (Å²) in [6.07, 6.45) is 0. The van der Waals surface area contributed by atoms with Gasteiger partial charge in [0.2, 0.25) is 11.1 Å². The van der Waals surface area contributed by atoms with Gasteiger partial charge in [-0.25, -0.2) is 4.79 Å². The van der Waals surface area contributed by atoms with Crippen LogP contribution in [0.5, 0.6) is 0 Å². The van der Waals surface area contributed by atoms with Gasteiger partial charge in [0.25, 0.3) is 0 Å². The minimum absolute atomic E-state index is 0.0594. The van der Waals surface area contributed by atoms with Gasteiger partial charge in [0, 0.05) is 11.1 Å². The van der Waals surface area contributed by atoms with Crippen LogP contribution in [-0.4, -0.2) is 43.4 Å². The van der Waals surface area contributed by atoms with Gasteiger partial charge >= 0.3 is 6.03 Å². The van der Waals surface area contributed by atoms with Crippen molar-refractivity contribution in [2.75, 3.05) is 0 Å². The molecule has 2 rings (SSSR count). The van der Waals surface area contributed by atoms with Crippen LogP contribution in [0.1, 0.15) is 20.8 Å². The number of imide groups is 1. The Morgan fingerprint density at radius 2 is 2.04 bits per heavy atom. The van der Waals surface area contributed by atoms with Crippen LogP contribution in [0.3, 0.4) is 0 Å². The molecule has 10 heteroatoms. The Balaban J connectivity index is 2.05. The third-order valence-electron chi connectivity index (χ3n) is 2.80. The number of carbonyl (C=O) groups excluding carboxylic acids is 2. The largest absolute Gasteiger partial charge is 0.336 e. The molecule has 0 saturated carbocycles. The van der Waals surface area contributed by atoms with Crippen molar-refractivity contribution in [2.45, 2.75) is 37.2 Å². The summed E-state index contributed by atoms with van der Waals surface area (Å²) in [5, 5.41) is 16.7. The summed E-state index contributed by atoms with van der Waals surface area (Å²) < 4.78 is 1.48. The first-order chi connectivity index (χ1) is 11.4. The minimum atomic E-state index is -0.563. The number of hydrogen-bond acceptors (Lipinski definition) is 6. The number of amides is 3. The van der Waals surface area contributed by atoms with Crippen LogP contribution in [0.25, 0.3) is 5.69 Å². The minimum Gasteiger partial charge on any atom is -0.336 e. The molecule has 1 atom stereocenters. The second-order valence-electron chi connectivity index (χ2n) is 5.23. The predicted molar refractivity (Wildman–Crippen MR) is 91.3 cm³/mol. The molecule has 0 aliphatic rings. The van der Waals surface area contributed by atoms with Gasteiger partial charge in [0.1, 0.15) is 0 Å². The van der Waals surface area contributed by atoms with E-state index in [2.05, 4.69) is 26.2 Å². The van der Waals surface area contributed by atoms with Crippen LogP contribution in [0.4, 0.5) is 4.79 Å². The van der Waals surface area contributed by atoms with Crippen LogP contribution >= 0.6 is 23.4 Å². The number of benzene rings is 1. The van der Waals surface area contributed by atoms with Crippen LogP contribution in [0.15, 0.2) is 29.4 Å². The highest BCUT2D eigenvalue weighted by Crippen LogP contribution is 2.24. The zero-order valence-corrected chi connectivity index (χ0v) is 14.9. The van der Waals surface area contributed by atoms with Gasteiger partial charge in [-0.1, -0.05) is 29.4 Å². The number of carbonyl (C=O) groups is 2. The lowest BCUT2D eigenvalue weighted by Crippen LogP contribution is -2.45. The molecule has 1 heterocycles. The number of tetrazole rings is 1. The van der Waals surface area contributed by atoms with Gasteiger partial charge in [-0.15, -0.1) is 5.10 Å². The van der Waals surface area contributed by atoms with E-state index in [1.54, 1.807) is 45.0 Å². The Morgan fingerprint density at radius 3 is 2.71 bits per heavy atom. The zero-order valence-electron chi connectivity index (χ0n) is 13.4. The summed E-state index contributed by atoms with van der Waals surface area (Å²) in [6.45, 7) is 5.28. The molecular formula is C14H17ClN6O2S. The average molecular weight is 369 g/mol. The molecule has 24 heavy (non-hydrogen) atoms. The van der Waals surface area contributed by atoms with Gasteiger partial charge in [-0.05, 0) is 49.4 Å². The summed E-state index contributed by atoms with van der Waals surface area (Å²) in [7, 11) is 0. The molecule has 1 aromatic heterocycles. The highest BCUT2D eigenvalue weighted by molar-refractivity contribution is 8.00. The highest BCUT2D eigenvalue weighted by Gasteiger charge is 2.21. The number of aromatic nitrogens is 4. The van der Waals surface area contributed by atoms with Gasteiger partial charge in [0.15, 0.2) is 0 Å². The first-order valence-corrected chi connectivity index (χ1v) is 8.45. The quantitative estimate of drug-likeness (QED) is 0.783. The summed E-state index contributed by atoms with van der Waals surface area (Å²) in [5.74, 6) is -0.432. The van der Waals surface area contributed by atoms with Crippen LogP contribution < -0.4 is 10.6 Å². The second kappa shape index (κ2) is 8.11. The molecule has 0 unspecified atom stereocenters. The van der Waals surface area contributed by atoms with Crippen molar-refractivity contribution in [1.82, 2.24) is 30.8 Å². The summed E-state index contributed by atoms with van der Waals surface area (Å²) in [6, 6.07) is 6.44. The number of rotatable bonds is 5. The van der Waals surface area contributed by atoms with E-state index in [1.807, 2.05) is 0 Å². The maximum Gasteiger partial charge on any atom is 0.321 e. The molecule has 1 aromatic carbocycles. The van der Waals surface area contributed by atoms with Gasteiger partial charge in [-0.3, -0.25) is 10.1 Å². The first-order valence-electron chi connectivity index (χ1n) is 7.19. The van der Waals surface area contributed by atoms with E-state index in [0.29, 0.717) is 15.9 Å². The maximum atomic E-state index is 12.1. The molecule has 0 aliphatic carbocycles. The Hall–Kier alpha value is -2.13. The lowest BCUT2D eigenvalue weighted by atomic mass is 10.3. The number of thioether (sulfide) groups is 1. The molecule has 8 nitrogen and oxygen atoms in total. The number of nitrogens with zero attached hydrogens (tertiary/aromatic N) is 4. The number of nitrogens with one attached hydrogen (secondary N) is 2. The van der Waals surface area contributed by atoms with Crippen molar-refractivity contribution in [3.63, 3.8) is 0 Å². The smallest absolute Gasteiger partial charge is 0.321 e. The van der Waals surface area contributed by atoms with Gasteiger partial charge in [0.05, 0.1) is 10.9 Å². The Morgan fingerprint density at radius 1 is 1.29 bits per heavy atom. The van der Waals surface area contributed by atoms with Gasteiger partial charge in [-0.2, -0.15) is 4.68 Å². The fourth-order valence-electron chi connectivity index (χ4n) is 1.75. The number of halogens is 1. The van der Waals surface area contributed by atoms with E-state index in [-0.39, 0.29) is 6.04 Å². The molecule has 0 saturated heterocycles. The normalized spacial score (nSPS) is 12.0. The molecule has 0 fully saturated rings. The first kappa shape index (κ1) is 18.2. The van der Waals surface area contributed by atoms with Crippen LogP contribution in [0.2, 0.25) is 5.02 Å². The van der Waals surface area contributed by atoms with E-state index in [9.17, 15) is 9.59 Å². The molecule has 128 valence electrons. The third-order valence-corrected chi connectivity index (χ3v) is 4.07. The average Bonchev–Trinajstić information content (AvgIpc) is 2.94. The van der Waals surface area contributed by atoms with Crippen LogP contribution in [0, 0.1) is 0 Å². The van der Waals surface area contributed by atoms with Crippen LogP contribution in [-0.2, 0) is 4.79 Å². The topological polar surface area (TPSA) is 102 Å². The van der Waals surface area contributed by atoms with E-state index in [0.717, 1.165) is 11.8 Å². The lowest BCUT2D eigenvalue weighted by molar-refractivity contribution is -0.119. The SMILES string of the molecule is CC(C)NC(=O)NC(=O)[C@H](C)Sc1nnnn1-c1cccc(Cl)c1. The lowest BCUT2D eigenvalue weighted by Gasteiger charge is -2.13. The predicted octanol–water partition coefficient (Wildman–Crippen LogP) is 2.03. The van der Waals surface area contributed by atoms with Crippen molar-refractivity contribution in [3.8, 4) is 5.69 Å². The fraction of sp³-hybridized carbons (Fsp3) is 0.357. The molecule has 0 aliphatic heterocycles. The molecular weight excluding hydrogens is 352 g/mol. The fourth-order valence-corrected chi connectivity index (χ4v) is 2.74. The summed E-state index contributed by atoms with van der Waals surface area (Å²) in [5.41, 5.74) is 0.681. The van der Waals surface area contributed by atoms with E-state index in [4.69, 9.17) is 11.6 Å². The summed E-state index contributed by atoms with van der Waals surface area (Å²) >= 11 is 7.11. The van der Waals surface area contributed by atoms with Crippen molar-refractivity contribution in [3.05, 3.63) is 29.3 Å². The molecule has 0 spiro atoms. The summed E-state index contributed by atoms with van der Waals surface area (Å²) in [4.78, 5) is 23.7. The second-order valence-corrected chi connectivity index (χ2v) is 6.98. The standard InChI is InChI=1S/C14H17ClN6O2S/c1-8(2)16-13(23)17-12(22)9(3)24-14-18-19-20-21(14)11-6-4-5-10(15)7-11/h4-9H,1-3H3,(H2,16,17,22,23)/t9-/m0/s1. The van der Waals surface area contributed by atoms with E-state index in [1.165, 1.54) is 4.68 Å². The molecule has 2 aromatic rings. The van der Waals surface area contributed by atoms with Gasteiger partial charge < -0.3 is 5.32 Å². The van der Waals surface area contributed by atoms with Crippen molar-refractivity contribution in [2.24, 2.45) is 0 Å². The van der Waals surface area contributed by atoms with Crippen molar-refractivity contribution >= 4 is 35.3 Å². The molecule has 3 amide bonds. The van der Waals surface area contributed by atoms with Crippen molar-refractivity contribution in [1.29, 1.82) is 0 Å². The maximum absolute atomic E-state index is 12.1. The monoisotopic (exact) mass is 368 g/mol. The highest BCUT2D eigenvalue weighted by atomic mass is 35.5. The van der Waals surface area contributed by atoms with Crippen molar-refractivity contribution < 1.29 is 9.59 Å². The van der Waals surface area contributed by atoms with E-state index < -0.39 is 17.2 Å². The zero-order chi connectivity index (χ0) is 17.7. The molecule has 0 radical (unpaired) electrons.